The molecule has 2 bridgehead atoms. The number of piperazine rings is 1. The Morgan fingerprint density at radius 3 is 2.79 bits per heavy atom. The lowest BCUT2D eigenvalue weighted by Gasteiger charge is -2.34. The maximum absolute atomic E-state index is 16.8. The third kappa shape index (κ3) is 3.96. The molecule has 0 aliphatic carbocycles. The van der Waals surface area contributed by atoms with Gasteiger partial charge in [-0.25, -0.2) is 8.78 Å². The summed E-state index contributed by atoms with van der Waals surface area (Å²) in [6.07, 6.45) is 3.63. The zero-order valence-corrected chi connectivity index (χ0v) is 23.5. The minimum Gasteiger partial charge on any atom is -0.461 e. The van der Waals surface area contributed by atoms with Crippen molar-refractivity contribution in [2.24, 2.45) is 0 Å². The number of nitrogens with zero attached hydrogens (tertiary/aromatic N) is 6. The summed E-state index contributed by atoms with van der Waals surface area (Å²) in [4.78, 5) is 13.9. The van der Waals surface area contributed by atoms with Crippen LogP contribution in [0.1, 0.15) is 43.4 Å². The molecule has 4 aliphatic rings. The van der Waals surface area contributed by atoms with Crippen LogP contribution in [0.5, 0.6) is 6.01 Å². The number of hydrogen-bond acceptors (Lipinski definition) is 8. The molecular weight excluding hydrogens is 538 g/mol. The topological polar surface area (TPSA) is 106 Å². The first-order valence-electron chi connectivity index (χ1n) is 14.8. The Morgan fingerprint density at radius 1 is 1.14 bits per heavy atom. The number of anilines is 1. The molecule has 2 aromatic carbocycles. The molecule has 4 atom stereocenters. The number of aromatic nitrogens is 4. The van der Waals surface area contributed by atoms with Gasteiger partial charge >= 0.3 is 6.01 Å². The summed E-state index contributed by atoms with van der Waals surface area (Å²) < 4.78 is 37.5. The van der Waals surface area contributed by atoms with Crippen LogP contribution in [-0.4, -0.2) is 81.6 Å². The predicted octanol–water partition coefficient (Wildman–Crippen LogP) is 4.39. The molecule has 0 saturated carbocycles. The fourth-order valence-electron chi connectivity index (χ4n) is 7.89. The first kappa shape index (κ1) is 25.8. The van der Waals surface area contributed by atoms with E-state index in [0.29, 0.717) is 58.3 Å². The smallest absolute Gasteiger partial charge is 0.319 e. The van der Waals surface area contributed by atoms with Crippen molar-refractivity contribution in [3.05, 3.63) is 41.3 Å². The number of rotatable bonds is 5. The normalized spacial score (nSPS) is 27.2. The molecule has 0 spiro atoms. The Morgan fingerprint density at radius 2 is 1.98 bits per heavy atom. The van der Waals surface area contributed by atoms with Gasteiger partial charge in [-0.3, -0.25) is 10.00 Å². The average Bonchev–Trinajstić information content (AvgIpc) is 3.74. The summed E-state index contributed by atoms with van der Waals surface area (Å²) in [6, 6.07) is 10.3. The van der Waals surface area contributed by atoms with E-state index in [9.17, 15) is 9.65 Å². The van der Waals surface area contributed by atoms with Crippen molar-refractivity contribution in [2.45, 2.75) is 62.8 Å². The highest BCUT2D eigenvalue weighted by atomic mass is 19.1. The molecule has 4 aromatic rings. The van der Waals surface area contributed by atoms with E-state index in [1.807, 2.05) is 25.1 Å². The van der Waals surface area contributed by atoms with Gasteiger partial charge in [-0.2, -0.15) is 20.3 Å². The molecule has 4 fully saturated rings. The number of fused-ring (bicyclic) bond motifs is 5. The lowest BCUT2D eigenvalue weighted by atomic mass is 9.94. The molecule has 11 heteroatoms. The number of nitriles is 1. The van der Waals surface area contributed by atoms with Gasteiger partial charge in [0.1, 0.15) is 30.2 Å². The van der Waals surface area contributed by atoms with Crippen LogP contribution in [-0.2, 0) is 0 Å². The zero-order valence-electron chi connectivity index (χ0n) is 23.5. The number of ether oxygens (including phenoxy) is 1. The Bertz CT molecular complexity index is 1760. The fourth-order valence-corrected chi connectivity index (χ4v) is 7.89. The standard InChI is InChI=1S/C31H32F2N8O/c1-17-3-8-23-26(24(12-34)39-38-23)25(17)21-6-7-22-28(27(21)33)36-30(37-29(22)40-14-19-4-5-20(15-40)35-19)42-16-31-9-2-10-41(31)13-18(32)11-31/h3,6-8,18-20,35H,2,4-5,9-11,13-16H2,1H3,(H,38,39)/t18-,19?,20?,31+/m1/s1. The minimum absolute atomic E-state index is 0.110. The highest BCUT2D eigenvalue weighted by Crippen LogP contribution is 2.42. The highest BCUT2D eigenvalue weighted by Gasteiger charge is 2.49. The maximum Gasteiger partial charge on any atom is 0.319 e. The second-order valence-electron chi connectivity index (χ2n) is 12.4. The Kier molecular flexibility index (Phi) is 5.88. The second-order valence-corrected chi connectivity index (χ2v) is 12.4. The van der Waals surface area contributed by atoms with E-state index in [-0.39, 0.29) is 29.4 Å². The summed E-state index contributed by atoms with van der Waals surface area (Å²) in [5, 5.41) is 21.6. The number of halogens is 2. The van der Waals surface area contributed by atoms with Gasteiger partial charge in [-0.05, 0) is 62.4 Å². The maximum atomic E-state index is 16.8. The summed E-state index contributed by atoms with van der Waals surface area (Å²) >= 11 is 0. The van der Waals surface area contributed by atoms with Crippen molar-refractivity contribution in [1.82, 2.24) is 30.4 Å². The van der Waals surface area contributed by atoms with Crippen LogP contribution >= 0.6 is 0 Å². The van der Waals surface area contributed by atoms with E-state index in [4.69, 9.17) is 9.72 Å². The first-order chi connectivity index (χ1) is 20.4. The number of H-pyrrole nitrogens is 1. The van der Waals surface area contributed by atoms with Gasteiger partial charge in [0.15, 0.2) is 11.5 Å². The number of alkyl halides is 1. The summed E-state index contributed by atoms with van der Waals surface area (Å²) in [6.45, 7) is 5.00. The van der Waals surface area contributed by atoms with E-state index in [1.54, 1.807) is 6.07 Å². The molecule has 4 aliphatic heterocycles. The first-order valence-corrected chi connectivity index (χ1v) is 14.8. The number of aryl methyl sites for hydroxylation is 1. The van der Waals surface area contributed by atoms with Gasteiger partial charge in [-0.1, -0.05) is 12.1 Å². The van der Waals surface area contributed by atoms with E-state index >= 15 is 4.39 Å². The van der Waals surface area contributed by atoms with Gasteiger partial charge < -0.3 is 15.0 Å². The Labute approximate surface area is 241 Å². The van der Waals surface area contributed by atoms with Gasteiger partial charge in [0.05, 0.1) is 11.1 Å². The van der Waals surface area contributed by atoms with Crippen molar-refractivity contribution in [2.75, 3.05) is 37.7 Å². The van der Waals surface area contributed by atoms with Gasteiger partial charge in [0.2, 0.25) is 0 Å². The van der Waals surface area contributed by atoms with Crippen molar-refractivity contribution in [1.29, 1.82) is 5.26 Å². The number of aromatic amines is 1. The summed E-state index contributed by atoms with van der Waals surface area (Å²) in [7, 11) is 0. The average molecular weight is 571 g/mol. The SMILES string of the molecule is Cc1ccc2[nH]nc(C#N)c2c1-c1ccc2c(N3CC4CCC(C3)N4)nc(OC[C@@]34CCCN3C[C@H](F)C4)nc2c1F. The fraction of sp³-hybridized carbons (Fsp3) is 0.484. The van der Waals surface area contributed by atoms with Crippen molar-refractivity contribution in [3.8, 4) is 23.2 Å². The lowest BCUT2D eigenvalue weighted by molar-refractivity contribution is 0.107. The number of nitrogens with one attached hydrogen (secondary N) is 2. The van der Waals surface area contributed by atoms with Gasteiger partial charge in [0, 0.05) is 54.5 Å². The van der Waals surface area contributed by atoms with E-state index < -0.39 is 12.0 Å². The number of hydrogen-bond donors (Lipinski definition) is 2. The highest BCUT2D eigenvalue weighted by molar-refractivity contribution is 6.02. The van der Waals surface area contributed by atoms with Crippen LogP contribution in [0.3, 0.4) is 0 Å². The quantitative estimate of drug-likeness (QED) is 0.364. The van der Waals surface area contributed by atoms with Crippen LogP contribution in [0.25, 0.3) is 32.9 Å². The van der Waals surface area contributed by atoms with E-state index in [1.165, 1.54) is 0 Å². The summed E-state index contributed by atoms with van der Waals surface area (Å²) in [5.74, 6) is 0.163. The molecule has 42 heavy (non-hydrogen) atoms. The molecule has 4 saturated heterocycles. The van der Waals surface area contributed by atoms with Crippen molar-refractivity contribution in [3.63, 3.8) is 0 Å². The van der Waals surface area contributed by atoms with Gasteiger partial charge in [-0.15, -0.1) is 0 Å². The molecule has 9 nitrogen and oxygen atoms in total. The minimum atomic E-state index is -0.870. The van der Waals surface area contributed by atoms with Crippen LogP contribution in [0.15, 0.2) is 24.3 Å². The predicted molar refractivity (Wildman–Crippen MR) is 155 cm³/mol. The molecule has 2 unspecified atom stereocenters. The largest absolute Gasteiger partial charge is 0.461 e. The molecule has 2 N–H and O–H groups in total. The van der Waals surface area contributed by atoms with Crippen molar-refractivity contribution >= 4 is 27.6 Å². The van der Waals surface area contributed by atoms with Crippen LogP contribution in [0.2, 0.25) is 0 Å². The molecule has 216 valence electrons. The Hall–Kier alpha value is -3.88. The monoisotopic (exact) mass is 570 g/mol. The molecule has 6 heterocycles. The molecular formula is C31H32F2N8O. The lowest BCUT2D eigenvalue weighted by Crippen LogP contribution is -2.51. The summed E-state index contributed by atoms with van der Waals surface area (Å²) in [5.41, 5.74) is 2.47. The van der Waals surface area contributed by atoms with Crippen LogP contribution in [0, 0.1) is 24.1 Å². The van der Waals surface area contributed by atoms with E-state index in [0.717, 1.165) is 50.9 Å². The van der Waals surface area contributed by atoms with Gasteiger partial charge in [0.25, 0.3) is 0 Å². The zero-order chi connectivity index (χ0) is 28.6. The van der Waals surface area contributed by atoms with Crippen LogP contribution < -0.4 is 15.0 Å². The molecule has 0 amide bonds. The third-order valence-corrected chi connectivity index (χ3v) is 9.83. The number of benzene rings is 2. The third-order valence-electron chi connectivity index (χ3n) is 9.83. The van der Waals surface area contributed by atoms with Crippen molar-refractivity contribution < 1.29 is 13.5 Å². The Balaban J connectivity index is 1.26. The molecule has 2 aromatic heterocycles. The second kappa shape index (κ2) is 9.57. The van der Waals surface area contributed by atoms with Crippen LogP contribution in [0.4, 0.5) is 14.6 Å². The molecule has 8 rings (SSSR count). The molecule has 0 radical (unpaired) electrons. The van der Waals surface area contributed by atoms with E-state index in [2.05, 4.69) is 36.4 Å².